The van der Waals surface area contributed by atoms with Gasteiger partial charge in [0, 0.05) is 4.47 Å². The van der Waals surface area contributed by atoms with Crippen LogP contribution in [0, 0.1) is 0 Å². The quantitative estimate of drug-likeness (QED) is 0.852. The first-order chi connectivity index (χ1) is 6.41. The van der Waals surface area contributed by atoms with Crippen molar-refractivity contribution in [2.45, 2.75) is 19.4 Å². The Balaban J connectivity index is 2.80. The number of hydrogen-bond donors (Lipinski definition) is 2. The van der Waals surface area contributed by atoms with Gasteiger partial charge in [-0.25, -0.2) is 0 Å². The Bertz CT molecular complexity index is 344. The summed E-state index contributed by atoms with van der Waals surface area (Å²) in [5.41, 5.74) is 5.52. The van der Waals surface area contributed by atoms with E-state index >= 15 is 0 Å². The van der Waals surface area contributed by atoms with E-state index < -0.39 is 5.54 Å². The number of anilines is 1. The highest BCUT2D eigenvalue weighted by Crippen LogP contribution is 2.21. The number of nitrogens with two attached hydrogens (primary N) is 1. The fourth-order valence-corrected chi connectivity index (χ4v) is 1.23. The summed E-state index contributed by atoms with van der Waals surface area (Å²) in [5, 5.41) is 2.74. The van der Waals surface area contributed by atoms with E-state index in [9.17, 15) is 4.79 Å². The van der Waals surface area contributed by atoms with E-state index in [4.69, 9.17) is 5.73 Å². The predicted octanol–water partition coefficient (Wildman–Crippen LogP) is 2.12. The molecule has 1 aromatic carbocycles. The van der Waals surface area contributed by atoms with Gasteiger partial charge in [-0.15, -0.1) is 0 Å². The summed E-state index contributed by atoms with van der Waals surface area (Å²) in [6.07, 6.45) is 0. The van der Waals surface area contributed by atoms with Gasteiger partial charge in [0.05, 0.1) is 11.2 Å². The van der Waals surface area contributed by atoms with Gasteiger partial charge in [-0.3, -0.25) is 4.79 Å². The molecule has 0 unspecified atom stereocenters. The van der Waals surface area contributed by atoms with Crippen molar-refractivity contribution >= 4 is 27.5 Å². The summed E-state index contributed by atoms with van der Waals surface area (Å²) < 4.78 is 0.845. The number of halogens is 1. The van der Waals surface area contributed by atoms with Crippen molar-refractivity contribution in [2.24, 2.45) is 5.73 Å². The number of carbonyl (C=O) groups is 1. The molecule has 3 nitrogen and oxygen atoms in total. The molecule has 0 spiro atoms. The van der Waals surface area contributed by atoms with Crippen molar-refractivity contribution < 1.29 is 4.79 Å². The van der Waals surface area contributed by atoms with Crippen LogP contribution in [0.1, 0.15) is 13.8 Å². The Morgan fingerprint density at radius 1 is 1.43 bits per heavy atom. The van der Waals surface area contributed by atoms with Gasteiger partial charge in [0.2, 0.25) is 5.91 Å². The molecule has 0 aromatic heterocycles. The molecule has 0 bridgehead atoms. The molecule has 0 heterocycles. The minimum Gasteiger partial charge on any atom is -0.323 e. The smallest absolute Gasteiger partial charge is 0.243 e. The van der Waals surface area contributed by atoms with Gasteiger partial charge in [-0.2, -0.15) is 0 Å². The van der Waals surface area contributed by atoms with Crippen LogP contribution in [0.5, 0.6) is 0 Å². The summed E-state index contributed by atoms with van der Waals surface area (Å²) in [6, 6.07) is 7.41. The van der Waals surface area contributed by atoms with Gasteiger partial charge in [0.1, 0.15) is 0 Å². The first-order valence-electron chi connectivity index (χ1n) is 4.26. The lowest BCUT2D eigenvalue weighted by Crippen LogP contribution is -2.45. The first kappa shape index (κ1) is 11.2. The maximum Gasteiger partial charge on any atom is 0.243 e. The summed E-state index contributed by atoms with van der Waals surface area (Å²) in [7, 11) is 0. The van der Waals surface area contributed by atoms with E-state index in [2.05, 4.69) is 21.2 Å². The van der Waals surface area contributed by atoms with Crippen LogP contribution in [0.4, 0.5) is 5.69 Å². The van der Waals surface area contributed by atoms with Crippen LogP contribution in [0.25, 0.3) is 0 Å². The molecule has 3 N–H and O–H groups in total. The van der Waals surface area contributed by atoms with E-state index in [1.54, 1.807) is 13.8 Å². The van der Waals surface area contributed by atoms with E-state index in [0.29, 0.717) is 0 Å². The number of benzene rings is 1. The molecule has 0 radical (unpaired) electrons. The highest BCUT2D eigenvalue weighted by atomic mass is 79.9. The lowest BCUT2D eigenvalue weighted by Gasteiger charge is -2.18. The number of hydrogen-bond acceptors (Lipinski definition) is 2. The number of carbonyl (C=O) groups excluding carboxylic acids is 1. The number of nitrogens with one attached hydrogen (secondary N) is 1. The van der Waals surface area contributed by atoms with Crippen molar-refractivity contribution in [3.05, 3.63) is 28.7 Å². The van der Waals surface area contributed by atoms with Crippen molar-refractivity contribution in [3.63, 3.8) is 0 Å². The average Bonchev–Trinajstić information content (AvgIpc) is 2.07. The topological polar surface area (TPSA) is 55.1 Å². The van der Waals surface area contributed by atoms with Crippen LogP contribution in [0.3, 0.4) is 0 Å². The van der Waals surface area contributed by atoms with Crippen LogP contribution in [0.15, 0.2) is 28.7 Å². The molecule has 1 aromatic rings. The highest BCUT2D eigenvalue weighted by molar-refractivity contribution is 9.10. The fraction of sp³-hybridized carbons (Fsp3) is 0.300. The zero-order chi connectivity index (χ0) is 10.8. The molecule has 0 aliphatic rings. The Labute approximate surface area is 91.8 Å². The first-order valence-corrected chi connectivity index (χ1v) is 5.05. The van der Waals surface area contributed by atoms with E-state index in [0.717, 1.165) is 10.2 Å². The third-order valence-corrected chi connectivity index (χ3v) is 2.40. The number of amides is 1. The molecule has 1 amide bonds. The second kappa shape index (κ2) is 4.11. The maximum absolute atomic E-state index is 11.5. The second-order valence-electron chi connectivity index (χ2n) is 3.66. The molecule has 0 atom stereocenters. The number of rotatable bonds is 2. The third-order valence-electron chi connectivity index (χ3n) is 1.71. The SMILES string of the molecule is CC(C)(N)C(=O)Nc1ccccc1Br. The zero-order valence-electron chi connectivity index (χ0n) is 8.17. The van der Waals surface area contributed by atoms with Crippen LogP contribution in [0.2, 0.25) is 0 Å². The van der Waals surface area contributed by atoms with E-state index in [-0.39, 0.29) is 5.91 Å². The molecule has 0 saturated heterocycles. The molecule has 0 aliphatic heterocycles. The minimum atomic E-state index is -0.866. The summed E-state index contributed by atoms with van der Waals surface area (Å²) in [5.74, 6) is -0.204. The normalized spacial score (nSPS) is 11.1. The Kier molecular flexibility index (Phi) is 3.29. The minimum absolute atomic E-state index is 0.204. The second-order valence-corrected chi connectivity index (χ2v) is 4.51. The van der Waals surface area contributed by atoms with Crippen molar-refractivity contribution in [1.29, 1.82) is 0 Å². The summed E-state index contributed by atoms with van der Waals surface area (Å²) >= 11 is 3.34. The molecule has 76 valence electrons. The van der Waals surface area contributed by atoms with Crippen LogP contribution in [-0.4, -0.2) is 11.4 Å². The van der Waals surface area contributed by atoms with Gasteiger partial charge in [-0.05, 0) is 41.9 Å². The molecule has 1 rings (SSSR count). The largest absolute Gasteiger partial charge is 0.323 e. The standard InChI is InChI=1S/C10H13BrN2O/c1-10(2,12)9(14)13-8-6-4-3-5-7(8)11/h3-6H,12H2,1-2H3,(H,13,14). The van der Waals surface area contributed by atoms with Gasteiger partial charge in [0.15, 0.2) is 0 Å². The molecule has 4 heteroatoms. The molecule has 0 fully saturated rings. The van der Waals surface area contributed by atoms with Gasteiger partial charge >= 0.3 is 0 Å². The third kappa shape index (κ3) is 2.82. The van der Waals surface area contributed by atoms with Crippen molar-refractivity contribution in [2.75, 3.05) is 5.32 Å². The van der Waals surface area contributed by atoms with E-state index in [1.165, 1.54) is 0 Å². The van der Waals surface area contributed by atoms with Gasteiger partial charge in [-0.1, -0.05) is 12.1 Å². The van der Waals surface area contributed by atoms with Crippen LogP contribution >= 0.6 is 15.9 Å². The lowest BCUT2D eigenvalue weighted by atomic mass is 10.1. The maximum atomic E-state index is 11.5. The van der Waals surface area contributed by atoms with Crippen LogP contribution in [-0.2, 0) is 4.79 Å². The molecular formula is C10H13BrN2O. The Morgan fingerprint density at radius 2 is 2.00 bits per heavy atom. The van der Waals surface area contributed by atoms with E-state index in [1.807, 2.05) is 24.3 Å². The Hall–Kier alpha value is -0.870. The average molecular weight is 257 g/mol. The van der Waals surface area contributed by atoms with Gasteiger partial charge < -0.3 is 11.1 Å². The highest BCUT2D eigenvalue weighted by Gasteiger charge is 2.22. The molecule has 14 heavy (non-hydrogen) atoms. The van der Waals surface area contributed by atoms with Gasteiger partial charge in [0.25, 0.3) is 0 Å². The summed E-state index contributed by atoms with van der Waals surface area (Å²) in [6.45, 7) is 3.33. The monoisotopic (exact) mass is 256 g/mol. The molecule has 0 aliphatic carbocycles. The number of para-hydroxylation sites is 1. The molecule has 0 saturated carbocycles. The molecular weight excluding hydrogens is 244 g/mol. The fourth-order valence-electron chi connectivity index (χ4n) is 0.846. The summed E-state index contributed by atoms with van der Waals surface area (Å²) in [4.78, 5) is 11.5. The van der Waals surface area contributed by atoms with Crippen molar-refractivity contribution in [1.82, 2.24) is 0 Å². The van der Waals surface area contributed by atoms with Crippen molar-refractivity contribution in [3.8, 4) is 0 Å². The predicted molar refractivity (Wildman–Crippen MR) is 61.0 cm³/mol. The Morgan fingerprint density at radius 3 is 2.50 bits per heavy atom. The van der Waals surface area contributed by atoms with Crippen LogP contribution < -0.4 is 11.1 Å². The zero-order valence-corrected chi connectivity index (χ0v) is 9.76. The lowest BCUT2D eigenvalue weighted by molar-refractivity contribution is -0.120.